The van der Waals surface area contributed by atoms with E-state index in [1.54, 1.807) is 11.3 Å². The fourth-order valence-corrected chi connectivity index (χ4v) is 4.09. The van der Waals surface area contributed by atoms with Crippen LogP contribution in [-0.4, -0.2) is 28.4 Å². The summed E-state index contributed by atoms with van der Waals surface area (Å²) in [5.41, 5.74) is 1.72. The Balaban J connectivity index is 1.85. The van der Waals surface area contributed by atoms with Crippen LogP contribution in [0.1, 0.15) is 22.0 Å². The smallest absolute Gasteiger partial charge is 0.331 e. The zero-order valence-electron chi connectivity index (χ0n) is 10.6. The molecule has 0 aromatic carbocycles. The molecule has 2 aromatic rings. The van der Waals surface area contributed by atoms with Crippen LogP contribution in [0.2, 0.25) is 0 Å². The van der Waals surface area contributed by atoms with Gasteiger partial charge in [0.05, 0.1) is 6.42 Å². The van der Waals surface area contributed by atoms with Crippen LogP contribution in [0.15, 0.2) is 28.3 Å². The SMILES string of the molecule is O=C(O)C1c2ccsc2CCN1C(=O)Cc1ccsc1. The van der Waals surface area contributed by atoms with Crippen LogP contribution < -0.4 is 0 Å². The molecule has 3 rings (SSSR count). The molecule has 0 radical (unpaired) electrons. The maximum Gasteiger partial charge on any atom is 0.331 e. The van der Waals surface area contributed by atoms with E-state index in [1.165, 1.54) is 16.2 Å². The summed E-state index contributed by atoms with van der Waals surface area (Å²) >= 11 is 3.11. The van der Waals surface area contributed by atoms with Gasteiger partial charge in [-0.1, -0.05) is 0 Å². The molecule has 104 valence electrons. The van der Waals surface area contributed by atoms with Gasteiger partial charge in [0.1, 0.15) is 0 Å². The maximum atomic E-state index is 12.4. The summed E-state index contributed by atoms with van der Waals surface area (Å²) in [4.78, 5) is 26.5. The molecule has 0 fully saturated rings. The number of thiophene rings is 2. The molecule has 0 aliphatic carbocycles. The largest absolute Gasteiger partial charge is 0.479 e. The second kappa shape index (κ2) is 5.38. The average Bonchev–Trinajstić information content (AvgIpc) is 3.06. The van der Waals surface area contributed by atoms with Crippen LogP contribution in [0.3, 0.4) is 0 Å². The highest BCUT2D eigenvalue weighted by Gasteiger charge is 2.36. The van der Waals surface area contributed by atoms with E-state index in [-0.39, 0.29) is 12.3 Å². The first kappa shape index (κ1) is 13.3. The third-order valence-corrected chi connectivity index (χ3v) is 5.18. The minimum absolute atomic E-state index is 0.118. The molecule has 0 saturated heterocycles. The molecule has 0 spiro atoms. The van der Waals surface area contributed by atoms with Crippen molar-refractivity contribution >= 4 is 34.6 Å². The van der Waals surface area contributed by atoms with Crippen molar-refractivity contribution in [2.24, 2.45) is 0 Å². The molecule has 2 aromatic heterocycles. The normalized spacial score (nSPS) is 17.8. The van der Waals surface area contributed by atoms with E-state index < -0.39 is 12.0 Å². The van der Waals surface area contributed by atoms with Gasteiger partial charge >= 0.3 is 5.97 Å². The van der Waals surface area contributed by atoms with Crippen molar-refractivity contribution < 1.29 is 14.7 Å². The van der Waals surface area contributed by atoms with Crippen LogP contribution in [0.4, 0.5) is 0 Å². The Morgan fingerprint density at radius 1 is 1.35 bits per heavy atom. The Morgan fingerprint density at radius 3 is 2.90 bits per heavy atom. The van der Waals surface area contributed by atoms with Crippen molar-refractivity contribution in [2.45, 2.75) is 18.9 Å². The first-order valence-corrected chi connectivity index (χ1v) is 8.08. The number of rotatable bonds is 3. The van der Waals surface area contributed by atoms with Crippen LogP contribution in [-0.2, 0) is 22.4 Å². The Labute approximate surface area is 124 Å². The lowest BCUT2D eigenvalue weighted by atomic mass is 9.99. The Bertz CT molecular complexity index is 633. The number of amides is 1. The molecule has 0 saturated carbocycles. The van der Waals surface area contributed by atoms with E-state index in [9.17, 15) is 14.7 Å². The number of carbonyl (C=O) groups is 2. The number of carboxylic acid groups (broad SMARTS) is 1. The van der Waals surface area contributed by atoms with Gasteiger partial charge in [0, 0.05) is 11.4 Å². The highest BCUT2D eigenvalue weighted by atomic mass is 32.1. The summed E-state index contributed by atoms with van der Waals surface area (Å²) in [6.07, 6.45) is 1.01. The zero-order valence-corrected chi connectivity index (χ0v) is 12.2. The van der Waals surface area contributed by atoms with E-state index >= 15 is 0 Å². The van der Waals surface area contributed by atoms with Gasteiger partial charge in [0.2, 0.25) is 5.91 Å². The molecule has 1 atom stereocenters. The molecule has 0 bridgehead atoms. The molecule has 4 nitrogen and oxygen atoms in total. The van der Waals surface area contributed by atoms with Gasteiger partial charge in [0.15, 0.2) is 6.04 Å². The van der Waals surface area contributed by atoms with Gasteiger partial charge in [0.25, 0.3) is 0 Å². The van der Waals surface area contributed by atoms with Crippen molar-refractivity contribution in [1.29, 1.82) is 0 Å². The molecule has 6 heteroatoms. The molecule has 1 N–H and O–H groups in total. The minimum atomic E-state index is -0.956. The molecule has 1 aliphatic heterocycles. The molecule has 3 heterocycles. The van der Waals surface area contributed by atoms with Crippen molar-refractivity contribution in [1.82, 2.24) is 4.90 Å². The molecule has 1 unspecified atom stereocenters. The Hall–Kier alpha value is -1.66. The second-order valence-corrected chi connectivity index (χ2v) is 6.47. The monoisotopic (exact) mass is 307 g/mol. The van der Waals surface area contributed by atoms with Crippen LogP contribution in [0, 0.1) is 0 Å². The second-order valence-electron chi connectivity index (χ2n) is 4.69. The van der Waals surface area contributed by atoms with Gasteiger partial charge in [-0.25, -0.2) is 4.79 Å². The highest BCUT2D eigenvalue weighted by molar-refractivity contribution is 7.10. The number of fused-ring (bicyclic) bond motifs is 1. The topological polar surface area (TPSA) is 57.6 Å². The van der Waals surface area contributed by atoms with Crippen LogP contribution in [0.25, 0.3) is 0 Å². The number of carbonyl (C=O) groups excluding carboxylic acids is 1. The van der Waals surface area contributed by atoms with Gasteiger partial charge in [-0.3, -0.25) is 4.79 Å². The van der Waals surface area contributed by atoms with E-state index in [2.05, 4.69) is 0 Å². The predicted octanol–water partition coefficient (Wildman–Crippen LogP) is 2.56. The molecular weight excluding hydrogens is 294 g/mol. The first-order valence-electron chi connectivity index (χ1n) is 6.26. The van der Waals surface area contributed by atoms with E-state index in [4.69, 9.17) is 0 Å². The predicted molar refractivity (Wildman–Crippen MR) is 78.1 cm³/mol. The Kier molecular flexibility index (Phi) is 3.58. The lowest BCUT2D eigenvalue weighted by Gasteiger charge is -2.33. The van der Waals surface area contributed by atoms with Gasteiger partial charge in [-0.2, -0.15) is 11.3 Å². The number of hydrogen-bond acceptors (Lipinski definition) is 4. The van der Waals surface area contributed by atoms with Gasteiger partial charge in [-0.15, -0.1) is 11.3 Å². The van der Waals surface area contributed by atoms with Crippen molar-refractivity contribution in [2.75, 3.05) is 6.54 Å². The molecule has 1 aliphatic rings. The lowest BCUT2D eigenvalue weighted by Crippen LogP contribution is -2.43. The molecule has 1 amide bonds. The third kappa shape index (κ3) is 2.36. The fraction of sp³-hybridized carbons (Fsp3) is 0.286. The van der Waals surface area contributed by atoms with Crippen molar-refractivity contribution in [3.05, 3.63) is 44.3 Å². The van der Waals surface area contributed by atoms with E-state index in [0.29, 0.717) is 6.54 Å². The number of nitrogens with zero attached hydrogens (tertiary/aromatic N) is 1. The summed E-state index contributed by atoms with van der Waals surface area (Å²) in [5, 5.41) is 15.2. The fourth-order valence-electron chi connectivity index (χ4n) is 2.52. The number of carboxylic acids is 1. The first-order chi connectivity index (χ1) is 9.66. The van der Waals surface area contributed by atoms with Gasteiger partial charge in [-0.05, 0) is 45.8 Å². The Morgan fingerprint density at radius 2 is 2.20 bits per heavy atom. The van der Waals surface area contributed by atoms with E-state index in [0.717, 1.165) is 22.4 Å². The molecular formula is C14H13NO3S2. The third-order valence-electron chi connectivity index (χ3n) is 3.46. The maximum absolute atomic E-state index is 12.4. The summed E-state index contributed by atoms with van der Waals surface area (Å²) in [5.74, 6) is -1.07. The van der Waals surface area contributed by atoms with Crippen LogP contribution >= 0.6 is 22.7 Å². The quantitative estimate of drug-likeness (QED) is 0.948. The average molecular weight is 307 g/mol. The summed E-state index contributed by atoms with van der Waals surface area (Å²) in [6, 6.07) is 2.89. The summed E-state index contributed by atoms with van der Waals surface area (Å²) in [7, 11) is 0. The van der Waals surface area contributed by atoms with Crippen molar-refractivity contribution in [3.63, 3.8) is 0 Å². The highest BCUT2D eigenvalue weighted by Crippen LogP contribution is 2.33. The number of aliphatic carboxylic acids is 1. The summed E-state index contributed by atoms with van der Waals surface area (Å²) in [6.45, 7) is 0.480. The lowest BCUT2D eigenvalue weighted by molar-refractivity contribution is -0.150. The van der Waals surface area contributed by atoms with Crippen molar-refractivity contribution in [3.8, 4) is 0 Å². The van der Waals surface area contributed by atoms with E-state index in [1.807, 2.05) is 28.3 Å². The van der Waals surface area contributed by atoms with Crippen LogP contribution in [0.5, 0.6) is 0 Å². The van der Waals surface area contributed by atoms with Gasteiger partial charge < -0.3 is 10.0 Å². The minimum Gasteiger partial charge on any atom is -0.479 e. The zero-order chi connectivity index (χ0) is 14.1. The number of hydrogen-bond donors (Lipinski definition) is 1. The summed E-state index contributed by atoms with van der Waals surface area (Å²) < 4.78 is 0. The standard InChI is InChI=1S/C14H13NO3S2/c16-12(7-9-2-5-19-8-9)15-4-1-11-10(3-6-20-11)13(15)14(17)18/h2-3,5-6,8,13H,1,4,7H2,(H,17,18). The molecule has 20 heavy (non-hydrogen) atoms.